The molecule has 1 aromatic carbocycles. The molecule has 2 aromatic rings. The van der Waals surface area contributed by atoms with E-state index < -0.39 is 10.9 Å². The largest absolute Gasteiger partial charge is 0.481 e. The Kier molecular flexibility index (Phi) is 3.99. The minimum Gasteiger partial charge on any atom is -0.481 e. The van der Waals surface area contributed by atoms with E-state index in [1.165, 1.54) is 12.1 Å². The average Bonchev–Trinajstić information content (AvgIpc) is 2.85. The van der Waals surface area contributed by atoms with Gasteiger partial charge in [-0.3, -0.25) is 20.0 Å². The lowest BCUT2D eigenvalue weighted by molar-refractivity contribution is -0.384. The van der Waals surface area contributed by atoms with E-state index in [2.05, 4.69) is 15.2 Å². The van der Waals surface area contributed by atoms with E-state index in [9.17, 15) is 14.9 Å². The molecule has 8 nitrogen and oxygen atoms in total. The van der Waals surface area contributed by atoms with Gasteiger partial charge >= 0.3 is 5.97 Å². The molecule has 0 unspecified atom stereocenters. The number of H-pyrrole nitrogens is 1. The number of aryl methyl sites for hydroxylation is 1. The maximum absolute atomic E-state index is 10.8. The number of nitro groups is 1. The third-order valence-electron chi connectivity index (χ3n) is 2.48. The van der Waals surface area contributed by atoms with Crippen molar-refractivity contribution in [3.63, 3.8) is 0 Å². The van der Waals surface area contributed by atoms with Gasteiger partial charge in [-0.15, -0.1) is 5.10 Å². The molecule has 1 heterocycles. The first-order chi connectivity index (χ1) is 9.47. The smallest absolute Gasteiger partial charge is 0.313 e. The van der Waals surface area contributed by atoms with Crippen LogP contribution in [0.4, 0.5) is 5.69 Å². The van der Waals surface area contributed by atoms with Gasteiger partial charge in [0.15, 0.2) is 5.82 Å². The van der Waals surface area contributed by atoms with E-state index in [4.69, 9.17) is 5.11 Å². The first kappa shape index (κ1) is 14.0. The van der Waals surface area contributed by atoms with Crippen molar-refractivity contribution in [3.05, 3.63) is 33.9 Å². The van der Waals surface area contributed by atoms with Crippen LogP contribution >= 0.6 is 11.8 Å². The quantitative estimate of drug-likeness (QED) is 0.490. The van der Waals surface area contributed by atoms with Crippen molar-refractivity contribution >= 4 is 23.4 Å². The van der Waals surface area contributed by atoms with Crippen molar-refractivity contribution in [2.45, 2.75) is 12.1 Å². The normalized spacial score (nSPS) is 10.4. The molecule has 0 fully saturated rings. The molecule has 0 spiro atoms. The molecule has 0 bridgehead atoms. The monoisotopic (exact) mass is 294 g/mol. The Bertz CT molecular complexity index is 670. The Morgan fingerprint density at radius 2 is 2.30 bits per heavy atom. The minimum absolute atomic E-state index is 0.0401. The molecule has 1 aromatic heterocycles. The van der Waals surface area contributed by atoms with Gasteiger partial charge in [0.2, 0.25) is 5.16 Å². The fraction of sp³-hybridized carbons (Fsp3) is 0.182. The van der Waals surface area contributed by atoms with Crippen LogP contribution in [-0.4, -0.2) is 36.9 Å². The van der Waals surface area contributed by atoms with E-state index >= 15 is 0 Å². The summed E-state index contributed by atoms with van der Waals surface area (Å²) >= 11 is 0.973. The Labute approximate surface area is 117 Å². The number of carbonyl (C=O) groups is 1. The number of nitrogens with one attached hydrogen (secondary N) is 1. The van der Waals surface area contributed by atoms with E-state index in [0.29, 0.717) is 11.4 Å². The van der Waals surface area contributed by atoms with Crippen LogP contribution < -0.4 is 0 Å². The highest BCUT2D eigenvalue weighted by atomic mass is 32.2. The predicted octanol–water partition coefficient (Wildman–Crippen LogP) is 1.87. The molecule has 104 valence electrons. The average molecular weight is 294 g/mol. The number of rotatable bonds is 5. The van der Waals surface area contributed by atoms with Crippen LogP contribution in [0.25, 0.3) is 11.4 Å². The number of aliphatic carboxylic acids is 1. The van der Waals surface area contributed by atoms with Crippen molar-refractivity contribution in [3.8, 4) is 11.4 Å². The van der Waals surface area contributed by atoms with Gasteiger partial charge in [-0.2, -0.15) is 0 Å². The maximum Gasteiger partial charge on any atom is 0.313 e. The van der Waals surface area contributed by atoms with Gasteiger partial charge < -0.3 is 5.11 Å². The zero-order chi connectivity index (χ0) is 14.7. The van der Waals surface area contributed by atoms with Crippen molar-refractivity contribution in [2.75, 3.05) is 5.75 Å². The van der Waals surface area contributed by atoms with Crippen molar-refractivity contribution in [1.29, 1.82) is 0 Å². The number of thioether (sulfide) groups is 1. The van der Waals surface area contributed by atoms with Gasteiger partial charge in [0.05, 0.1) is 10.7 Å². The number of carboxylic acids is 1. The third kappa shape index (κ3) is 3.12. The highest BCUT2D eigenvalue weighted by Gasteiger charge is 2.14. The molecular formula is C11H10N4O4S. The van der Waals surface area contributed by atoms with E-state index in [0.717, 1.165) is 17.3 Å². The SMILES string of the molecule is Cc1ccc([N+](=O)[O-])cc1-c1nc(SCC(=O)O)n[nH]1. The molecule has 0 saturated heterocycles. The van der Waals surface area contributed by atoms with Crippen LogP contribution in [-0.2, 0) is 4.79 Å². The van der Waals surface area contributed by atoms with Gasteiger partial charge in [-0.05, 0) is 12.5 Å². The lowest BCUT2D eigenvalue weighted by Crippen LogP contribution is -1.97. The molecule has 20 heavy (non-hydrogen) atoms. The van der Waals surface area contributed by atoms with Crippen LogP contribution in [0.3, 0.4) is 0 Å². The molecule has 2 N–H and O–H groups in total. The Balaban J connectivity index is 2.29. The number of nitro benzene ring substituents is 1. The van der Waals surface area contributed by atoms with Gasteiger partial charge in [0, 0.05) is 17.7 Å². The number of hydrogen-bond donors (Lipinski definition) is 2. The Morgan fingerprint density at radius 3 is 2.95 bits per heavy atom. The van der Waals surface area contributed by atoms with Crippen molar-refractivity contribution in [2.24, 2.45) is 0 Å². The lowest BCUT2D eigenvalue weighted by Gasteiger charge is -2.01. The summed E-state index contributed by atoms with van der Waals surface area (Å²) in [6.07, 6.45) is 0. The fourth-order valence-electron chi connectivity index (χ4n) is 1.54. The third-order valence-corrected chi connectivity index (χ3v) is 3.31. The molecular weight excluding hydrogens is 284 g/mol. The van der Waals surface area contributed by atoms with E-state index in [-0.39, 0.29) is 16.6 Å². The topological polar surface area (TPSA) is 122 Å². The molecule has 0 radical (unpaired) electrons. The molecule has 9 heteroatoms. The lowest BCUT2D eigenvalue weighted by atomic mass is 10.1. The number of non-ortho nitro benzene ring substituents is 1. The summed E-state index contributed by atoms with van der Waals surface area (Å²) in [4.78, 5) is 24.9. The van der Waals surface area contributed by atoms with Crippen LogP contribution in [0.5, 0.6) is 0 Å². The number of nitrogens with zero attached hydrogens (tertiary/aromatic N) is 3. The molecule has 0 aliphatic heterocycles. The van der Waals surface area contributed by atoms with E-state index in [1.54, 1.807) is 13.0 Å². The summed E-state index contributed by atoms with van der Waals surface area (Å²) in [5, 5.41) is 26.2. The standard InChI is InChI=1S/C11H10N4O4S/c1-6-2-3-7(15(18)19)4-8(6)10-12-11(14-13-10)20-5-9(16)17/h2-4H,5H2,1H3,(H,16,17)(H,12,13,14). The number of aromatic nitrogens is 3. The van der Waals surface area contributed by atoms with Crippen LogP contribution in [0, 0.1) is 17.0 Å². The van der Waals surface area contributed by atoms with Crippen LogP contribution in [0.1, 0.15) is 5.56 Å². The summed E-state index contributed by atoms with van der Waals surface area (Å²) in [5.74, 6) is -0.738. The Morgan fingerprint density at radius 1 is 1.55 bits per heavy atom. The highest BCUT2D eigenvalue weighted by Crippen LogP contribution is 2.26. The Hall–Kier alpha value is -2.42. The molecule has 2 rings (SSSR count). The summed E-state index contributed by atoms with van der Waals surface area (Å²) < 4.78 is 0. The van der Waals surface area contributed by atoms with Crippen LogP contribution in [0.2, 0.25) is 0 Å². The van der Waals surface area contributed by atoms with Gasteiger partial charge in [0.25, 0.3) is 5.69 Å². The molecule has 0 aliphatic carbocycles. The summed E-state index contributed by atoms with van der Waals surface area (Å²) in [6.45, 7) is 1.80. The molecule has 0 amide bonds. The second kappa shape index (κ2) is 5.70. The number of aromatic amines is 1. The molecule has 0 saturated carbocycles. The van der Waals surface area contributed by atoms with Crippen LogP contribution in [0.15, 0.2) is 23.4 Å². The molecule has 0 aliphatic rings. The van der Waals surface area contributed by atoms with Gasteiger partial charge in [0.1, 0.15) is 0 Å². The second-order valence-corrected chi connectivity index (χ2v) is 4.85. The first-order valence-corrected chi connectivity index (χ1v) is 6.48. The maximum atomic E-state index is 10.8. The summed E-state index contributed by atoms with van der Waals surface area (Å²) in [7, 11) is 0. The van der Waals surface area contributed by atoms with Crippen molar-refractivity contribution < 1.29 is 14.8 Å². The first-order valence-electron chi connectivity index (χ1n) is 5.50. The van der Waals surface area contributed by atoms with Gasteiger partial charge in [-0.1, -0.05) is 17.8 Å². The van der Waals surface area contributed by atoms with Gasteiger partial charge in [-0.25, -0.2) is 4.98 Å². The number of carboxylic acid groups (broad SMARTS) is 1. The fourth-order valence-corrected chi connectivity index (χ4v) is 2.05. The summed E-state index contributed by atoms with van der Waals surface area (Å²) in [5.41, 5.74) is 1.33. The summed E-state index contributed by atoms with van der Waals surface area (Å²) in [6, 6.07) is 4.44. The predicted molar refractivity (Wildman–Crippen MR) is 71.6 cm³/mol. The molecule has 0 atom stereocenters. The second-order valence-electron chi connectivity index (χ2n) is 3.91. The number of hydrogen-bond acceptors (Lipinski definition) is 6. The van der Waals surface area contributed by atoms with Crippen molar-refractivity contribution in [1.82, 2.24) is 15.2 Å². The highest BCUT2D eigenvalue weighted by molar-refractivity contribution is 7.99. The zero-order valence-corrected chi connectivity index (χ0v) is 11.2. The number of benzene rings is 1. The van der Waals surface area contributed by atoms with E-state index in [1.807, 2.05) is 0 Å². The zero-order valence-electron chi connectivity index (χ0n) is 10.4. The minimum atomic E-state index is -0.965.